The number of hydrogen-bond acceptors (Lipinski definition) is 4. The summed E-state index contributed by atoms with van der Waals surface area (Å²) in [6.07, 6.45) is -5.85. The van der Waals surface area contributed by atoms with Crippen LogP contribution in [0, 0.1) is 25.5 Å². The number of nitrogens with one attached hydrogen (secondary N) is 1. The molecular weight excluding hydrogens is 469 g/mol. The Morgan fingerprint density at radius 3 is 2.42 bits per heavy atom. The van der Waals surface area contributed by atoms with Gasteiger partial charge < -0.3 is 10.1 Å². The van der Waals surface area contributed by atoms with Crippen molar-refractivity contribution in [2.45, 2.75) is 33.1 Å². The molecule has 0 aliphatic carbocycles. The van der Waals surface area contributed by atoms with Crippen molar-refractivity contribution in [3.05, 3.63) is 70.1 Å². The molecule has 0 saturated carbocycles. The van der Waals surface area contributed by atoms with Crippen molar-refractivity contribution in [3.63, 3.8) is 0 Å². The molecule has 3 rings (SSSR count). The summed E-state index contributed by atoms with van der Waals surface area (Å²) in [6.45, 7) is 4.05. The number of hydrogen-bond donors (Lipinski definition) is 1. The summed E-state index contributed by atoms with van der Waals surface area (Å²) >= 11 is 5.89. The fourth-order valence-electron chi connectivity index (χ4n) is 2.75. The predicted molar refractivity (Wildman–Crippen MR) is 112 cm³/mol. The van der Waals surface area contributed by atoms with Crippen LogP contribution >= 0.6 is 11.6 Å². The van der Waals surface area contributed by atoms with E-state index in [0.29, 0.717) is 17.5 Å². The van der Waals surface area contributed by atoms with Gasteiger partial charge in [0.05, 0.1) is 39.6 Å². The van der Waals surface area contributed by atoms with Crippen LogP contribution in [-0.2, 0) is 0 Å². The largest absolute Gasteiger partial charge is 0.480 e. The second-order valence-electron chi connectivity index (χ2n) is 7.11. The summed E-state index contributed by atoms with van der Waals surface area (Å²) in [5.74, 6) is -3.56. The first-order valence-corrected chi connectivity index (χ1v) is 9.89. The van der Waals surface area contributed by atoms with Crippen LogP contribution in [0.2, 0.25) is 5.02 Å². The molecule has 1 N–H and O–H groups in total. The number of anilines is 1. The number of carbonyl (C=O) groups excluding carboxylic acids is 1. The van der Waals surface area contributed by atoms with Gasteiger partial charge in [0.15, 0.2) is 6.10 Å². The zero-order chi connectivity index (χ0) is 24.5. The number of ether oxygens (including phenoxy) is 1. The number of benzene rings is 2. The van der Waals surface area contributed by atoms with Gasteiger partial charge >= 0.3 is 6.18 Å². The van der Waals surface area contributed by atoms with Gasteiger partial charge in [0, 0.05) is 5.56 Å². The SMILES string of the molecule is Cc1ncc(-c2cc(OC(C)C(F)(F)F)c(C(=O)Nc3c(F)cccc3Cl)cc2F)nc1C. The summed E-state index contributed by atoms with van der Waals surface area (Å²) in [6, 6.07) is 5.23. The quantitative estimate of drug-likeness (QED) is 0.432. The molecule has 1 aromatic heterocycles. The highest BCUT2D eigenvalue weighted by Gasteiger charge is 2.39. The van der Waals surface area contributed by atoms with Crippen LogP contribution in [0.1, 0.15) is 28.7 Å². The van der Waals surface area contributed by atoms with Crippen molar-refractivity contribution in [1.29, 1.82) is 0 Å². The van der Waals surface area contributed by atoms with Gasteiger partial charge in [-0.25, -0.2) is 13.8 Å². The Morgan fingerprint density at radius 1 is 1.12 bits per heavy atom. The number of nitrogens with zero attached hydrogens (tertiary/aromatic N) is 2. The van der Waals surface area contributed by atoms with Gasteiger partial charge in [0.25, 0.3) is 5.91 Å². The molecule has 0 bridgehead atoms. The van der Waals surface area contributed by atoms with Crippen molar-refractivity contribution in [3.8, 4) is 17.0 Å². The molecular formula is C22H17ClF5N3O2. The summed E-state index contributed by atoms with van der Waals surface area (Å²) in [4.78, 5) is 21.0. The molecule has 11 heteroatoms. The normalized spacial score (nSPS) is 12.4. The number of rotatable bonds is 5. The molecule has 33 heavy (non-hydrogen) atoms. The molecule has 0 saturated heterocycles. The molecule has 1 unspecified atom stereocenters. The zero-order valence-corrected chi connectivity index (χ0v) is 18.3. The molecule has 0 fully saturated rings. The maximum Gasteiger partial charge on any atom is 0.425 e. The Kier molecular flexibility index (Phi) is 6.87. The lowest BCUT2D eigenvalue weighted by atomic mass is 10.1. The first-order valence-electron chi connectivity index (χ1n) is 9.51. The van der Waals surface area contributed by atoms with Crippen molar-refractivity contribution < 1.29 is 31.5 Å². The Labute approximate surface area is 190 Å². The number of amides is 1. The van der Waals surface area contributed by atoms with E-state index in [4.69, 9.17) is 16.3 Å². The Bertz CT molecular complexity index is 1200. The Balaban J connectivity index is 2.10. The maximum absolute atomic E-state index is 15.0. The molecule has 174 valence electrons. The van der Waals surface area contributed by atoms with E-state index in [1.165, 1.54) is 18.3 Å². The topological polar surface area (TPSA) is 64.1 Å². The molecule has 1 atom stereocenters. The van der Waals surface area contributed by atoms with Gasteiger partial charge in [0.1, 0.15) is 17.4 Å². The van der Waals surface area contributed by atoms with Gasteiger partial charge in [0.2, 0.25) is 0 Å². The van der Waals surface area contributed by atoms with E-state index < -0.39 is 46.8 Å². The summed E-state index contributed by atoms with van der Waals surface area (Å²) in [5, 5.41) is 1.99. The lowest BCUT2D eigenvalue weighted by molar-refractivity contribution is -0.189. The average molecular weight is 486 g/mol. The summed E-state index contributed by atoms with van der Waals surface area (Å²) < 4.78 is 73.4. The van der Waals surface area contributed by atoms with Crippen molar-refractivity contribution >= 4 is 23.2 Å². The van der Waals surface area contributed by atoms with Crippen LogP contribution in [0.5, 0.6) is 5.75 Å². The molecule has 1 amide bonds. The minimum absolute atomic E-state index is 0.0317. The van der Waals surface area contributed by atoms with Crippen LogP contribution in [0.15, 0.2) is 36.5 Å². The van der Waals surface area contributed by atoms with E-state index in [0.717, 1.165) is 19.1 Å². The number of carbonyl (C=O) groups is 1. The smallest absolute Gasteiger partial charge is 0.425 e. The van der Waals surface area contributed by atoms with Crippen LogP contribution in [0.3, 0.4) is 0 Å². The molecule has 1 heterocycles. The standard InChI is InChI=1S/C22H17ClF5N3O2/c1-10-11(2)30-18(9-29-10)13-8-19(33-12(3)22(26,27)28)14(7-17(13)25)21(32)31-20-15(23)5-4-6-16(20)24/h4-9,12H,1-3H3,(H,31,32). The van der Waals surface area contributed by atoms with Crippen molar-refractivity contribution in [2.24, 2.45) is 0 Å². The van der Waals surface area contributed by atoms with Gasteiger partial charge in [-0.15, -0.1) is 0 Å². The van der Waals surface area contributed by atoms with E-state index in [9.17, 15) is 26.7 Å². The third-order valence-electron chi connectivity index (χ3n) is 4.75. The third kappa shape index (κ3) is 5.39. The van der Waals surface area contributed by atoms with Crippen LogP contribution < -0.4 is 10.1 Å². The summed E-state index contributed by atoms with van der Waals surface area (Å²) in [5.41, 5.74) is -0.139. The Morgan fingerprint density at radius 2 is 1.82 bits per heavy atom. The lowest BCUT2D eigenvalue weighted by Gasteiger charge is -2.21. The zero-order valence-electron chi connectivity index (χ0n) is 17.5. The first kappa shape index (κ1) is 24.4. The minimum atomic E-state index is -4.77. The number of aromatic nitrogens is 2. The monoisotopic (exact) mass is 485 g/mol. The van der Waals surface area contributed by atoms with Gasteiger partial charge in [-0.2, -0.15) is 13.2 Å². The van der Waals surface area contributed by atoms with Crippen LogP contribution in [0.25, 0.3) is 11.3 Å². The molecule has 2 aromatic carbocycles. The van der Waals surface area contributed by atoms with Crippen LogP contribution in [0.4, 0.5) is 27.6 Å². The van der Waals surface area contributed by atoms with E-state index in [-0.39, 0.29) is 16.3 Å². The highest BCUT2D eigenvalue weighted by molar-refractivity contribution is 6.34. The number of para-hydroxylation sites is 1. The highest BCUT2D eigenvalue weighted by Crippen LogP contribution is 2.34. The molecule has 3 aromatic rings. The highest BCUT2D eigenvalue weighted by atomic mass is 35.5. The second kappa shape index (κ2) is 9.30. The van der Waals surface area contributed by atoms with Gasteiger partial charge in [-0.3, -0.25) is 9.78 Å². The first-order chi connectivity index (χ1) is 15.4. The fourth-order valence-corrected chi connectivity index (χ4v) is 2.96. The van der Waals surface area contributed by atoms with E-state index >= 15 is 0 Å². The molecule has 0 aliphatic rings. The average Bonchev–Trinajstić information content (AvgIpc) is 2.73. The van der Waals surface area contributed by atoms with Gasteiger partial charge in [-0.05, 0) is 45.0 Å². The van der Waals surface area contributed by atoms with Crippen molar-refractivity contribution in [2.75, 3.05) is 5.32 Å². The maximum atomic E-state index is 15.0. The van der Waals surface area contributed by atoms with Gasteiger partial charge in [-0.1, -0.05) is 17.7 Å². The second-order valence-corrected chi connectivity index (χ2v) is 7.51. The predicted octanol–water partition coefficient (Wildman–Crippen LogP) is 6.27. The lowest BCUT2D eigenvalue weighted by Crippen LogP contribution is -2.32. The number of alkyl halides is 3. The number of halogens is 6. The molecule has 0 radical (unpaired) electrons. The fraction of sp³-hybridized carbons (Fsp3) is 0.227. The van der Waals surface area contributed by atoms with E-state index in [1.807, 2.05) is 0 Å². The minimum Gasteiger partial charge on any atom is -0.480 e. The van der Waals surface area contributed by atoms with E-state index in [2.05, 4.69) is 15.3 Å². The molecule has 0 spiro atoms. The summed E-state index contributed by atoms with van der Waals surface area (Å²) in [7, 11) is 0. The molecule has 0 aliphatic heterocycles. The van der Waals surface area contributed by atoms with E-state index in [1.54, 1.807) is 13.8 Å². The van der Waals surface area contributed by atoms with Crippen molar-refractivity contribution in [1.82, 2.24) is 9.97 Å². The number of aryl methyl sites for hydroxylation is 2. The molecule has 5 nitrogen and oxygen atoms in total. The van der Waals surface area contributed by atoms with Crippen LogP contribution in [-0.4, -0.2) is 28.2 Å². The Hall–Kier alpha value is -3.27. The third-order valence-corrected chi connectivity index (χ3v) is 5.06.